The van der Waals surface area contributed by atoms with Gasteiger partial charge in [0.2, 0.25) is 0 Å². The molecule has 0 aromatic rings. The average molecular weight is 206 g/mol. The fourth-order valence-electron chi connectivity index (χ4n) is 1.85. The van der Waals surface area contributed by atoms with Crippen LogP contribution in [0.1, 0.15) is 45.4 Å². The van der Waals surface area contributed by atoms with Gasteiger partial charge in [-0.05, 0) is 19.3 Å². The van der Waals surface area contributed by atoms with Crippen molar-refractivity contribution in [1.29, 1.82) is 0 Å². The first-order valence-electron chi connectivity index (χ1n) is 6.14. The van der Waals surface area contributed by atoms with Gasteiger partial charge in [0.1, 0.15) is 6.61 Å². The van der Waals surface area contributed by atoms with E-state index in [0.717, 1.165) is 6.42 Å². The molecule has 1 fully saturated rings. The van der Waals surface area contributed by atoms with Gasteiger partial charge in [0, 0.05) is 5.92 Å². The molecule has 0 bridgehead atoms. The van der Waals surface area contributed by atoms with Crippen LogP contribution < -0.4 is 0 Å². The van der Waals surface area contributed by atoms with Gasteiger partial charge < -0.3 is 4.74 Å². The average Bonchev–Trinajstić information content (AvgIpc) is 2.29. The van der Waals surface area contributed by atoms with Crippen LogP contribution in [0.25, 0.3) is 0 Å². The highest BCUT2D eigenvalue weighted by Crippen LogP contribution is 2.22. The number of ether oxygens (including phenoxy) is 1. The molecule has 84 valence electrons. The van der Waals surface area contributed by atoms with Crippen LogP contribution in [0.5, 0.6) is 0 Å². The monoisotopic (exact) mass is 206 g/mol. The van der Waals surface area contributed by atoms with Gasteiger partial charge in [-0.25, -0.2) is 0 Å². The lowest BCUT2D eigenvalue weighted by molar-refractivity contribution is 0.199. The summed E-state index contributed by atoms with van der Waals surface area (Å²) in [6.07, 6.45) is 12.0. The minimum atomic E-state index is 0.588. The lowest BCUT2D eigenvalue weighted by Gasteiger charge is -2.15. The van der Waals surface area contributed by atoms with Gasteiger partial charge in [-0.1, -0.05) is 50.2 Å². The van der Waals surface area contributed by atoms with Crippen molar-refractivity contribution in [3.63, 3.8) is 0 Å². The highest BCUT2D eigenvalue weighted by atomic mass is 16.5. The molecule has 0 aromatic heterocycles. The Bertz CT molecular complexity index is 225. The molecular formula is C14H22O. The van der Waals surface area contributed by atoms with Crippen molar-refractivity contribution in [3.8, 4) is 11.8 Å². The van der Waals surface area contributed by atoms with Crippen LogP contribution in [-0.4, -0.2) is 13.2 Å². The summed E-state index contributed by atoms with van der Waals surface area (Å²) in [4.78, 5) is 0. The SMILES string of the molecule is CCC=CCOCC#CC1CCCCC1. The van der Waals surface area contributed by atoms with Crippen molar-refractivity contribution in [2.24, 2.45) is 5.92 Å². The topological polar surface area (TPSA) is 9.23 Å². The van der Waals surface area contributed by atoms with Crippen molar-refractivity contribution in [2.75, 3.05) is 13.2 Å². The molecule has 0 atom stereocenters. The minimum absolute atomic E-state index is 0.588. The Kier molecular flexibility index (Phi) is 7.04. The van der Waals surface area contributed by atoms with E-state index in [0.29, 0.717) is 19.1 Å². The van der Waals surface area contributed by atoms with Gasteiger partial charge in [-0.15, -0.1) is 0 Å². The Balaban J connectivity index is 2.02. The predicted octanol–water partition coefficient (Wildman–Crippen LogP) is 3.55. The van der Waals surface area contributed by atoms with Crippen LogP contribution >= 0.6 is 0 Å². The maximum atomic E-state index is 5.37. The second kappa shape index (κ2) is 8.56. The molecule has 0 spiro atoms. The first kappa shape index (κ1) is 12.3. The zero-order valence-electron chi connectivity index (χ0n) is 9.80. The molecule has 1 rings (SSSR count). The van der Waals surface area contributed by atoms with Gasteiger partial charge in [0.05, 0.1) is 6.61 Å². The van der Waals surface area contributed by atoms with E-state index in [1.54, 1.807) is 0 Å². The predicted molar refractivity (Wildman–Crippen MR) is 64.6 cm³/mol. The molecule has 1 heteroatoms. The third-order valence-electron chi connectivity index (χ3n) is 2.70. The summed E-state index contributed by atoms with van der Waals surface area (Å²) in [5, 5.41) is 0. The van der Waals surface area contributed by atoms with Crippen molar-refractivity contribution in [3.05, 3.63) is 12.2 Å². The zero-order chi connectivity index (χ0) is 10.8. The number of hydrogen-bond acceptors (Lipinski definition) is 1. The van der Waals surface area contributed by atoms with Crippen molar-refractivity contribution < 1.29 is 4.74 Å². The van der Waals surface area contributed by atoms with E-state index in [2.05, 4.69) is 30.9 Å². The molecule has 0 saturated heterocycles. The number of allylic oxidation sites excluding steroid dienone is 1. The molecule has 1 aliphatic carbocycles. The van der Waals surface area contributed by atoms with Crippen LogP contribution in [0.15, 0.2) is 12.2 Å². The third kappa shape index (κ3) is 6.36. The third-order valence-corrected chi connectivity index (χ3v) is 2.70. The van der Waals surface area contributed by atoms with Gasteiger partial charge >= 0.3 is 0 Å². The summed E-state index contributed by atoms with van der Waals surface area (Å²) in [6, 6.07) is 0. The molecule has 1 saturated carbocycles. The lowest BCUT2D eigenvalue weighted by Crippen LogP contribution is -2.03. The van der Waals surface area contributed by atoms with E-state index in [4.69, 9.17) is 4.74 Å². The van der Waals surface area contributed by atoms with Crippen molar-refractivity contribution in [2.45, 2.75) is 45.4 Å². The number of rotatable bonds is 4. The van der Waals surface area contributed by atoms with E-state index in [1.807, 2.05) is 0 Å². The fraction of sp³-hybridized carbons (Fsp3) is 0.714. The lowest BCUT2D eigenvalue weighted by atomic mass is 9.90. The zero-order valence-corrected chi connectivity index (χ0v) is 9.80. The molecule has 0 unspecified atom stereocenters. The Hall–Kier alpha value is -0.740. The van der Waals surface area contributed by atoms with E-state index in [1.165, 1.54) is 32.1 Å². The van der Waals surface area contributed by atoms with Gasteiger partial charge in [-0.3, -0.25) is 0 Å². The smallest absolute Gasteiger partial charge is 0.108 e. The molecule has 0 aliphatic heterocycles. The van der Waals surface area contributed by atoms with Crippen molar-refractivity contribution >= 4 is 0 Å². The van der Waals surface area contributed by atoms with Crippen LogP contribution in [0.3, 0.4) is 0 Å². The highest BCUT2D eigenvalue weighted by Gasteiger charge is 2.09. The molecule has 0 radical (unpaired) electrons. The molecule has 0 aromatic carbocycles. The molecule has 15 heavy (non-hydrogen) atoms. The summed E-state index contributed by atoms with van der Waals surface area (Å²) < 4.78 is 5.37. The minimum Gasteiger partial charge on any atom is -0.365 e. The van der Waals surface area contributed by atoms with E-state index >= 15 is 0 Å². The largest absolute Gasteiger partial charge is 0.365 e. The summed E-state index contributed by atoms with van der Waals surface area (Å²) in [7, 11) is 0. The van der Waals surface area contributed by atoms with E-state index in [-0.39, 0.29) is 0 Å². The highest BCUT2D eigenvalue weighted by molar-refractivity contribution is 5.04. The quantitative estimate of drug-likeness (QED) is 0.388. The standard InChI is InChI=1S/C14H22O/c1-2-3-7-12-15-13-8-11-14-9-5-4-6-10-14/h3,7,14H,2,4-6,9-10,12-13H2,1H3. The molecule has 1 nitrogen and oxygen atoms in total. The summed E-state index contributed by atoms with van der Waals surface area (Å²) >= 11 is 0. The van der Waals surface area contributed by atoms with Crippen LogP contribution in [0.2, 0.25) is 0 Å². The Labute approximate surface area is 93.9 Å². The van der Waals surface area contributed by atoms with Crippen LogP contribution in [-0.2, 0) is 4.74 Å². The molecule has 0 N–H and O–H groups in total. The summed E-state index contributed by atoms with van der Waals surface area (Å²) in [5.41, 5.74) is 0. The van der Waals surface area contributed by atoms with Gasteiger partial charge in [-0.2, -0.15) is 0 Å². The van der Waals surface area contributed by atoms with Gasteiger partial charge in [0.15, 0.2) is 0 Å². The fourth-order valence-corrected chi connectivity index (χ4v) is 1.85. The molecule has 1 aliphatic rings. The summed E-state index contributed by atoms with van der Waals surface area (Å²) in [6.45, 7) is 3.41. The molecule has 0 heterocycles. The van der Waals surface area contributed by atoms with Crippen LogP contribution in [0, 0.1) is 17.8 Å². The summed E-state index contributed by atoms with van der Waals surface area (Å²) in [5.74, 6) is 7.09. The second-order valence-electron chi connectivity index (χ2n) is 4.05. The maximum absolute atomic E-state index is 5.37. The molecular weight excluding hydrogens is 184 g/mol. The Morgan fingerprint density at radius 1 is 1.20 bits per heavy atom. The Morgan fingerprint density at radius 2 is 2.00 bits per heavy atom. The van der Waals surface area contributed by atoms with Gasteiger partial charge in [0.25, 0.3) is 0 Å². The molecule has 0 amide bonds. The Morgan fingerprint density at radius 3 is 2.73 bits per heavy atom. The van der Waals surface area contributed by atoms with Crippen molar-refractivity contribution in [1.82, 2.24) is 0 Å². The van der Waals surface area contributed by atoms with E-state index < -0.39 is 0 Å². The van der Waals surface area contributed by atoms with E-state index in [9.17, 15) is 0 Å². The number of hydrogen-bond donors (Lipinski definition) is 0. The second-order valence-corrected chi connectivity index (χ2v) is 4.05. The first-order valence-corrected chi connectivity index (χ1v) is 6.14. The normalized spacial score (nSPS) is 17.7. The van der Waals surface area contributed by atoms with Crippen LogP contribution in [0.4, 0.5) is 0 Å². The maximum Gasteiger partial charge on any atom is 0.108 e. The first-order chi connectivity index (χ1) is 7.43.